The highest BCUT2D eigenvalue weighted by Gasteiger charge is 2.10. The molecule has 1 amide bonds. The summed E-state index contributed by atoms with van der Waals surface area (Å²) in [5, 5.41) is 10.9. The van der Waals surface area contributed by atoms with Crippen LogP contribution < -0.4 is 5.32 Å². The Kier molecular flexibility index (Phi) is 5.20. The van der Waals surface area contributed by atoms with E-state index in [1.807, 2.05) is 30.3 Å². The molecule has 1 aromatic heterocycles. The summed E-state index contributed by atoms with van der Waals surface area (Å²) in [6, 6.07) is 16.4. The number of rotatable bonds is 4. The Morgan fingerprint density at radius 3 is 2.50 bits per heavy atom. The third kappa shape index (κ3) is 4.22. The molecule has 0 radical (unpaired) electrons. The number of aromatic nitrogens is 3. The van der Waals surface area contributed by atoms with Crippen molar-refractivity contribution >= 4 is 11.7 Å². The van der Waals surface area contributed by atoms with Crippen LogP contribution in [0.2, 0.25) is 0 Å². The lowest BCUT2D eigenvalue weighted by Gasteiger charge is -1.98. The second-order valence-corrected chi connectivity index (χ2v) is 5.47. The minimum absolute atomic E-state index is 0.0142. The van der Waals surface area contributed by atoms with E-state index in [0.717, 1.165) is 11.3 Å². The summed E-state index contributed by atoms with van der Waals surface area (Å²) in [7, 11) is 0. The van der Waals surface area contributed by atoms with Gasteiger partial charge in [-0.05, 0) is 31.2 Å². The first-order valence-corrected chi connectivity index (χ1v) is 7.99. The zero-order valence-electron chi connectivity index (χ0n) is 14.1. The first-order valence-electron chi connectivity index (χ1n) is 7.99. The van der Waals surface area contributed by atoms with Gasteiger partial charge in [-0.3, -0.25) is 9.59 Å². The summed E-state index contributed by atoms with van der Waals surface area (Å²) >= 11 is 0. The molecule has 0 saturated heterocycles. The van der Waals surface area contributed by atoms with Crippen molar-refractivity contribution < 1.29 is 9.59 Å². The number of hydrogen-bond acceptors (Lipinski definition) is 4. The summed E-state index contributed by atoms with van der Waals surface area (Å²) in [5.74, 6) is 5.47. The Labute approximate surface area is 150 Å². The number of amides is 1. The van der Waals surface area contributed by atoms with Crippen molar-refractivity contribution in [3.05, 3.63) is 77.6 Å². The van der Waals surface area contributed by atoms with Crippen molar-refractivity contribution in [2.75, 3.05) is 6.54 Å². The van der Waals surface area contributed by atoms with E-state index in [1.54, 1.807) is 24.3 Å². The Balaban J connectivity index is 1.57. The smallest absolute Gasteiger partial charge is 0.274 e. The lowest BCUT2D eigenvalue weighted by atomic mass is 10.1. The van der Waals surface area contributed by atoms with Crippen molar-refractivity contribution in [2.24, 2.45) is 0 Å². The van der Waals surface area contributed by atoms with Crippen molar-refractivity contribution in [1.82, 2.24) is 20.3 Å². The topological polar surface area (TPSA) is 76.9 Å². The van der Waals surface area contributed by atoms with Crippen LogP contribution in [0.5, 0.6) is 0 Å². The van der Waals surface area contributed by atoms with Gasteiger partial charge in [-0.1, -0.05) is 42.2 Å². The van der Waals surface area contributed by atoms with E-state index in [2.05, 4.69) is 27.4 Å². The second kappa shape index (κ2) is 7.90. The fraction of sp³-hybridized carbons (Fsp3) is 0.100. The maximum absolute atomic E-state index is 12.1. The molecular weight excluding hydrogens is 328 g/mol. The second-order valence-electron chi connectivity index (χ2n) is 5.47. The molecule has 0 saturated carbocycles. The van der Waals surface area contributed by atoms with E-state index < -0.39 is 0 Å². The van der Waals surface area contributed by atoms with Gasteiger partial charge in [0.2, 0.25) is 0 Å². The fourth-order valence-corrected chi connectivity index (χ4v) is 2.20. The summed E-state index contributed by atoms with van der Waals surface area (Å²) in [5.41, 5.74) is 2.42. The predicted octanol–water partition coefficient (Wildman–Crippen LogP) is 2.25. The van der Waals surface area contributed by atoms with Gasteiger partial charge in [0, 0.05) is 11.1 Å². The highest BCUT2D eigenvalue weighted by atomic mass is 16.2. The summed E-state index contributed by atoms with van der Waals surface area (Å²) in [6.45, 7) is 1.70. The average Bonchev–Trinajstić information content (AvgIpc) is 3.16. The van der Waals surface area contributed by atoms with Crippen LogP contribution in [0.3, 0.4) is 0 Å². The van der Waals surface area contributed by atoms with E-state index in [-0.39, 0.29) is 23.9 Å². The largest absolute Gasteiger partial charge is 0.340 e. The first-order chi connectivity index (χ1) is 12.6. The van der Waals surface area contributed by atoms with E-state index in [1.165, 1.54) is 17.9 Å². The van der Waals surface area contributed by atoms with Gasteiger partial charge in [0.05, 0.1) is 18.4 Å². The van der Waals surface area contributed by atoms with Crippen molar-refractivity contribution in [3.8, 4) is 17.5 Å². The van der Waals surface area contributed by atoms with Gasteiger partial charge in [0.1, 0.15) is 0 Å². The molecule has 0 unspecified atom stereocenters. The monoisotopic (exact) mass is 344 g/mol. The van der Waals surface area contributed by atoms with Gasteiger partial charge in [-0.15, -0.1) is 5.10 Å². The Hall–Kier alpha value is -3.72. The van der Waals surface area contributed by atoms with Crippen LogP contribution in [0.4, 0.5) is 0 Å². The lowest BCUT2D eigenvalue weighted by molar-refractivity contribution is 0.0952. The molecule has 0 aliphatic rings. The van der Waals surface area contributed by atoms with Crippen LogP contribution in [-0.4, -0.2) is 33.2 Å². The molecule has 0 fully saturated rings. The number of carbonyl (C=O) groups excluding carboxylic acids is 2. The minimum Gasteiger partial charge on any atom is -0.340 e. The van der Waals surface area contributed by atoms with Gasteiger partial charge in [-0.25, -0.2) is 0 Å². The number of para-hydroxylation sites is 1. The molecule has 128 valence electrons. The molecule has 0 bridgehead atoms. The highest BCUT2D eigenvalue weighted by molar-refractivity contribution is 5.94. The fourth-order valence-electron chi connectivity index (χ4n) is 2.20. The molecule has 0 aliphatic carbocycles. The van der Waals surface area contributed by atoms with Crippen LogP contribution in [0.15, 0.2) is 60.8 Å². The molecule has 26 heavy (non-hydrogen) atoms. The zero-order chi connectivity index (χ0) is 18.4. The number of hydrogen-bond donors (Lipinski definition) is 1. The quantitative estimate of drug-likeness (QED) is 0.582. The molecule has 6 nitrogen and oxygen atoms in total. The van der Waals surface area contributed by atoms with Crippen LogP contribution >= 0.6 is 0 Å². The maximum Gasteiger partial charge on any atom is 0.274 e. The molecule has 6 heteroatoms. The average molecular weight is 344 g/mol. The molecule has 0 spiro atoms. The molecule has 1 N–H and O–H groups in total. The number of ketones is 1. The third-order valence-corrected chi connectivity index (χ3v) is 3.57. The Morgan fingerprint density at radius 1 is 1.08 bits per heavy atom. The summed E-state index contributed by atoms with van der Waals surface area (Å²) < 4.78 is 0. The van der Waals surface area contributed by atoms with E-state index in [0.29, 0.717) is 5.56 Å². The standard InChI is InChI=1S/C20H16N4O2/c1-15(25)17-11-9-16(10-12-17)6-5-13-21-20(26)19-14-22-24(23-19)18-7-3-2-4-8-18/h2-4,7-12,14H,13H2,1H3,(H,21,26). The molecule has 2 aromatic carbocycles. The zero-order valence-corrected chi connectivity index (χ0v) is 14.1. The summed E-state index contributed by atoms with van der Waals surface area (Å²) in [4.78, 5) is 24.7. The number of benzene rings is 2. The number of nitrogens with zero attached hydrogens (tertiary/aromatic N) is 3. The van der Waals surface area contributed by atoms with Crippen molar-refractivity contribution in [1.29, 1.82) is 0 Å². The molecule has 0 aliphatic heterocycles. The maximum atomic E-state index is 12.1. The molecule has 1 heterocycles. The van der Waals surface area contributed by atoms with Gasteiger partial charge >= 0.3 is 0 Å². The number of carbonyl (C=O) groups is 2. The van der Waals surface area contributed by atoms with Crippen LogP contribution in [0, 0.1) is 11.8 Å². The van der Waals surface area contributed by atoms with Gasteiger partial charge in [0.15, 0.2) is 11.5 Å². The van der Waals surface area contributed by atoms with Crippen molar-refractivity contribution in [3.63, 3.8) is 0 Å². The molecule has 3 rings (SSSR count). The normalized spacial score (nSPS) is 9.88. The van der Waals surface area contributed by atoms with Crippen LogP contribution in [0.1, 0.15) is 33.3 Å². The van der Waals surface area contributed by atoms with Crippen LogP contribution in [0.25, 0.3) is 5.69 Å². The molecular formula is C20H16N4O2. The van der Waals surface area contributed by atoms with Gasteiger partial charge in [0.25, 0.3) is 5.91 Å². The van der Waals surface area contributed by atoms with Gasteiger partial charge in [-0.2, -0.15) is 9.90 Å². The minimum atomic E-state index is -0.339. The summed E-state index contributed by atoms with van der Waals surface area (Å²) in [6.07, 6.45) is 1.41. The lowest BCUT2D eigenvalue weighted by Crippen LogP contribution is -2.24. The van der Waals surface area contributed by atoms with Gasteiger partial charge < -0.3 is 5.32 Å². The predicted molar refractivity (Wildman–Crippen MR) is 97.0 cm³/mol. The van der Waals surface area contributed by atoms with Crippen molar-refractivity contribution in [2.45, 2.75) is 6.92 Å². The number of nitrogens with one attached hydrogen (secondary N) is 1. The van der Waals surface area contributed by atoms with Crippen LogP contribution in [-0.2, 0) is 0 Å². The van der Waals surface area contributed by atoms with E-state index in [9.17, 15) is 9.59 Å². The third-order valence-electron chi connectivity index (χ3n) is 3.57. The van der Waals surface area contributed by atoms with E-state index in [4.69, 9.17) is 0 Å². The Morgan fingerprint density at radius 2 is 1.81 bits per heavy atom. The number of Topliss-reactive ketones (excluding diaryl/α,β-unsaturated/α-hetero) is 1. The Bertz CT molecular complexity index is 980. The first kappa shape index (κ1) is 17.1. The van der Waals surface area contributed by atoms with E-state index >= 15 is 0 Å². The molecule has 0 atom stereocenters. The molecule has 3 aromatic rings. The SMILES string of the molecule is CC(=O)c1ccc(C#CCNC(=O)c2cnn(-c3ccccc3)n2)cc1. The highest BCUT2D eigenvalue weighted by Crippen LogP contribution is 2.05.